The molecule has 0 unspecified atom stereocenters. The summed E-state index contributed by atoms with van der Waals surface area (Å²) in [4.78, 5) is 4.18. The zero-order chi connectivity index (χ0) is 14.9. The van der Waals surface area contributed by atoms with Crippen LogP contribution >= 0.6 is 0 Å². The minimum atomic E-state index is -5.89. The van der Waals surface area contributed by atoms with Gasteiger partial charge in [-0.2, -0.15) is 26.3 Å². The Morgan fingerprint density at radius 1 is 0.947 bits per heavy atom. The van der Waals surface area contributed by atoms with Crippen molar-refractivity contribution in [1.29, 1.82) is 0 Å². The molecule has 108 valence electrons. The minimum Gasteiger partial charge on any atom is -0.369 e. The summed E-state index contributed by atoms with van der Waals surface area (Å²) in [7, 11) is 0. The number of aliphatic hydroxyl groups is 1. The Bertz CT molecular complexity index is 411. The van der Waals surface area contributed by atoms with Crippen molar-refractivity contribution in [3.63, 3.8) is 0 Å². The number of rotatable bonds is 3. The molecule has 0 saturated heterocycles. The molecule has 0 fully saturated rings. The first-order chi connectivity index (χ1) is 8.54. The SMILES string of the molecule is NOCc1ccc(C(O)(C(F)(F)F)C(F)(F)F)cc1. The van der Waals surface area contributed by atoms with Gasteiger partial charge in [-0.15, -0.1) is 0 Å². The summed E-state index contributed by atoms with van der Waals surface area (Å²) in [6, 6.07) is 2.94. The Morgan fingerprint density at radius 2 is 1.37 bits per heavy atom. The van der Waals surface area contributed by atoms with Gasteiger partial charge in [-0.25, -0.2) is 5.90 Å². The molecule has 0 aliphatic rings. The van der Waals surface area contributed by atoms with Gasteiger partial charge in [0.25, 0.3) is 5.60 Å². The van der Waals surface area contributed by atoms with Crippen LogP contribution in [0.4, 0.5) is 26.3 Å². The molecule has 1 rings (SSSR count). The van der Waals surface area contributed by atoms with Crippen molar-refractivity contribution in [2.24, 2.45) is 5.90 Å². The first-order valence-corrected chi connectivity index (χ1v) is 4.81. The van der Waals surface area contributed by atoms with Gasteiger partial charge in [-0.3, -0.25) is 4.84 Å². The van der Waals surface area contributed by atoms with E-state index in [4.69, 9.17) is 11.0 Å². The van der Waals surface area contributed by atoms with Crippen LogP contribution in [-0.4, -0.2) is 17.5 Å². The molecule has 0 aliphatic carbocycles. The maximum atomic E-state index is 12.5. The molecule has 0 amide bonds. The first-order valence-electron chi connectivity index (χ1n) is 4.81. The molecule has 1 aromatic rings. The predicted molar refractivity (Wildman–Crippen MR) is 51.4 cm³/mol. The van der Waals surface area contributed by atoms with Crippen LogP contribution in [0.2, 0.25) is 0 Å². The topological polar surface area (TPSA) is 55.5 Å². The summed E-state index contributed by atoms with van der Waals surface area (Å²) in [5, 5.41) is 9.07. The molecule has 19 heavy (non-hydrogen) atoms. The molecule has 0 spiro atoms. The van der Waals surface area contributed by atoms with E-state index in [1.165, 1.54) is 0 Å². The van der Waals surface area contributed by atoms with E-state index in [0.717, 1.165) is 12.1 Å². The molecule has 0 aromatic heterocycles. The molecule has 1 aromatic carbocycles. The number of alkyl halides is 6. The third kappa shape index (κ3) is 2.82. The highest BCUT2D eigenvalue weighted by Crippen LogP contribution is 2.49. The molecular formula is C10H9F6NO2. The normalized spacial score (nSPS) is 13.7. The first kappa shape index (κ1) is 15.7. The summed E-state index contributed by atoms with van der Waals surface area (Å²) in [6.07, 6.45) is -11.8. The lowest BCUT2D eigenvalue weighted by molar-refractivity contribution is -0.376. The van der Waals surface area contributed by atoms with E-state index in [0.29, 0.717) is 12.1 Å². The molecular weight excluding hydrogens is 280 g/mol. The molecule has 0 atom stereocenters. The van der Waals surface area contributed by atoms with Crippen LogP contribution < -0.4 is 5.90 Å². The van der Waals surface area contributed by atoms with Crippen molar-refractivity contribution in [2.45, 2.75) is 24.6 Å². The van der Waals surface area contributed by atoms with E-state index in [1.807, 2.05) is 0 Å². The zero-order valence-electron chi connectivity index (χ0n) is 9.22. The Balaban J connectivity index is 3.28. The van der Waals surface area contributed by atoms with Crippen LogP contribution in [-0.2, 0) is 17.0 Å². The second kappa shape index (κ2) is 4.99. The van der Waals surface area contributed by atoms with Crippen molar-refractivity contribution >= 4 is 0 Å². The lowest BCUT2D eigenvalue weighted by atomic mass is 9.91. The van der Waals surface area contributed by atoms with Crippen molar-refractivity contribution in [1.82, 2.24) is 0 Å². The van der Waals surface area contributed by atoms with E-state index in [-0.39, 0.29) is 12.2 Å². The van der Waals surface area contributed by atoms with Crippen molar-refractivity contribution in [3.8, 4) is 0 Å². The monoisotopic (exact) mass is 289 g/mol. The highest BCUT2D eigenvalue weighted by atomic mass is 19.4. The van der Waals surface area contributed by atoms with Gasteiger partial charge in [0.05, 0.1) is 6.61 Å². The maximum absolute atomic E-state index is 12.5. The van der Waals surface area contributed by atoms with Gasteiger partial charge < -0.3 is 5.11 Å². The third-order valence-corrected chi connectivity index (χ3v) is 2.44. The summed E-state index contributed by atoms with van der Waals surface area (Å²) >= 11 is 0. The summed E-state index contributed by atoms with van der Waals surface area (Å²) < 4.78 is 75.1. The molecule has 3 N–H and O–H groups in total. The largest absolute Gasteiger partial charge is 0.430 e. The standard InChI is InChI=1S/C10H9F6NO2/c11-9(12,13)8(18,10(14,15)16)7-3-1-6(2-4-7)5-19-17/h1-4,18H,5,17H2. The summed E-state index contributed by atoms with van der Waals surface area (Å²) in [6.45, 7) is -0.184. The molecule has 9 heteroatoms. The highest BCUT2D eigenvalue weighted by Gasteiger charge is 2.71. The van der Waals surface area contributed by atoms with Crippen LogP contribution in [0.25, 0.3) is 0 Å². The fourth-order valence-electron chi connectivity index (χ4n) is 1.43. The smallest absolute Gasteiger partial charge is 0.369 e. The lowest BCUT2D eigenvalue weighted by Gasteiger charge is -2.32. The maximum Gasteiger partial charge on any atom is 0.430 e. The van der Waals surface area contributed by atoms with Crippen molar-refractivity contribution in [2.75, 3.05) is 0 Å². The zero-order valence-corrected chi connectivity index (χ0v) is 9.22. The Hall–Kier alpha value is -1.32. The highest BCUT2D eigenvalue weighted by molar-refractivity contribution is 5.30. The van der Waals surface area contributed by atoms with E-state index in [1.54, 1.807) is 0 Å². The van der Waals surface area contributed by atoms with E-state index in [9.17, 15) is 26.3 Å². The second-order valence-electron chi connectivity index (χ2n) is 3.71. The quantitative estimate of drug-likeness (QED) is 0.663. The number of benzene rings is 1. The number of nitrogens with two attached hydrogens (primary N) is 1. The predicted octanol–water partition coefficient (Wildman–Crippen LogP) is 2.39. The lowest BCUT2D eigenvalue weighted by Crippen LogP contribution is -2.53. The van der Waals surface area contributed by atoms with Gasteiger partial charge >= 0.3 is 12.4 Å². The van der Waals surface area contributed by atoms with Gasteiger partial charge in [0.2, 0.25) is 0 Å². The number of halogens is 6. The molecule has 0 heterocycles. The van der Waals surface area contributed by atoms with Crippen LogP contribution in [0, 0.1) is 0 Å². The fourth-order valence-corrected chi connectivity index (χ4v) is 1.43. The van der Waals surface area contributed by atoms with Crippen LogP contribution in [0.1, 0.15) is 11.1 Å². The van der Waals surface area contributed by atoms with Gasteiger partial charge in [0, 0.05) is 5.56 Å². The van der Waals surface area contributed by atoms with Crippen LogP contribution in [0.5, 0.6) is 0 Å². The summed E-state index contributed by atoms with van der Waals surface area (Å²) in [5.41, 5.74) is -5.98. The van der Waals surface area contributed by atoms with Crippen LogP contribution in [0.15, 0.2) is 24.3 Å². The van der Waals surface area contributed by atoms with Gasteiger partial charge in [0.15, 0.2) is 0 Å². The van der Waals surface area contributed by atoms with Crippen LogP contribution in [0.3, 0.4) is 0 Å². The molecule has 3 nitrogen and oxygen atoms in total. The van der Waals surface area contributed by atoms with E-state index >= 15 is 0 Å². The Labute approximate surface area is 103 Å². The second-order valence-corrected chi connectivity index (χ2v) is 3.71. The Morgan fingerprint density at radius 3 is 1.68 bits per heavy atom. The average molecular weight is 289 g/mol. The molecule has 0 bridgehead atoms. The molecule has 0 saturated carbocycles. The van der Waals surface area contributed by atoms with Crippen molar-refractivity contribution in [3.05, 3.63) is 35.4 Å². The average Bonchev–Trinajstić information content (AvgIpc) is 2.26. The van der Waals surface area contributed by atoms with Gasteiger partial charge in [-0.1, -0.05) is 24.3 Å². The minimum absolute atomic E-state index is 0.184. The molecule has 0 radical (unpaired) electrons. The third-order valence-electron chi connectivity index (χ3n) is 2.44. The fraction of sp³-hybridized carbons (Fsp3) is 0.400. The van der Waals surface area contributed by atoms with Gasteiger partial charge in [-0.05, 0) is 5.56 Å². The summed E-state index contributed by atoms with van der Waals surface area (Å²) in [5.74, 6) is 4.71. The number of hydrogen-bond acceptors (Lipinski definition) is 3. The van der Waals surface area contributed by atoms with Crippen molar-refractivity contribution < 1.29 is 36.3 Å². The van der Waals surface area contributed by atoms with Gasteiger partial charge in [0.1, 0.15) is 0 Å². The van der Waals surface area contributed by atoms with E-state index < -0.39 is 23.5 Å². The Kier molecular flexibility index (Phi) is 4.13. The van der Waals surface area contributed by atoms with E-state index in [2.05, 4.69) is 4.84 Å². The number of hydrogen-bond donors (Lipinski definition) is 2. The molecule has 0 aliphatic heterocycles.